The Balaban J connectivity index is 0.000000448. The molecule has 208 valence electrons. The van der Waals surface area contributed by atoms with E-state index in [1.807, 2.05) is 34.9 Å². The highest BCUT2D eigenvalue weighted by molar-refractivity contribution is 6.06. The fourth-order valence-corrected chi connectivity index (χ4v) is 5.84. The summed E-state index contributed by atoms with van der Waals surface area (Å²) >= 11 is 0. The van der Waals surface area contributed by atoms with Crippen molar-refractivity contribution >= 4 is 34.4 Å². The van der Waals surface area contributed by atoms with Crippen molar-refractivity contribution < 1.29 is 19.5 Å². The van der Waals surface area contributed by atoms with E-state index in [9.17, 15) is 14.4 Å². The summed E-state index contributed by atoms with van der Waals surface area (Å²) < 4.78 is 1.91. The molecule has 1 aliphatic carbocycles. The average Bonchev–Trinajstić information content (AvgIpc) is 3.17. The summed E-state index contributed by atoms with van der Waals surface area (Å²) in [6.07, 6.45) is 7.26. The maximum absolute atomic E-state index is 13.1. The number of carbonyl (C=O) groups is 3. The van der Waals surface area contributed by atoms with Gasteiger partial charge in [-0.1, -0.05) is 57.4 Å². The first-order valence-electron chi connectivity index (χ1n) is 13.7. The number of likely N-dealkylation sites (N-methyl/N-ethyl adjacent to an activating group) is 1. The van der Waals surface area contributed by atoms with Crippen molar-refractivity contribution in [3.05, 3.63) is 53.7 Å². The Morgan fingerprint density at radius 3 is 2.38 bits per heavy atom. The molecule has 2 heterocycles. The van der Waals surface area contributed by atoms with E-state index in [4.69, 9.17) is 10.8 Å². The highest BCUT2D eigenvalue weighted by atomic mass is 16.4. The fourth-order valence-electron chi connectivity index (χ4n) is 5.84. The Bertz CT molecular complexity index is 1380. The zero-order valence-corrected chi connectivity index (χ0v) is 23.4. The summed E-state index contributed by atoms with van der Waals surface area (Å²) in [4.78, 5) is 36.7. The second-order valence-corrected chi connectivity index (χ2v) is 11.8. The molecule has 8 nitrogen and oxygen atoms in total. The molecule has 1 fully saturated rings. The van der Waals surface area contributed by atoms with E-state index in [0.717, 1.165) is 52.7 Å². The van der Waals surface area contributed by atoms with Gasteiger partial charge in [-0.3, -0.25) is 23.9 Å². The van der Waals surface area contributed by atoms with E-state index in [1.165, 1.54) is 19.3 Å². The lowest BCUT2D eigenvalue weighted by Crippen LogP contribution is -2.31. The molecule has 2 aliphatic rings. The van der Waals surface area contributed by atoms with Gasteiger partial charge in [0.15, 0.2) is 0 Å². The van der Waals surface area contributed by atoms with Crippen LogP contribution in [0.15, 0.2) is 42.5 Å². The maximum Gasteiger partial charge on any atom is 0.317 e. The normalized spacial score (nSPS) is 16.9. The first-order chi connectivity index (χ1) is 18.5. The largest absolute Gasteiger partial charge is 0.480 e. The number of nitrogens with zero attached hydrogens (tertiary/aromatic N) is 2. The summed E-state index contributed by atoms with van der Waals surface area (Å²) in [5, 5.41) is 12.7. The van der Waals surface area contributed by atoms with E-state index < -0.39 is 11.9 Å². The molecule has 0 radical (unpaired) electrons. The lowest BCUT2D eigenvalue weighted by molar-refractivity contribution is -0.137. The number of amides is 1. The van der Waals surface area contributed by atoms with Crippen molar-refractivity contribution in [3.63, 3.8) is 0 Å². The highest BCUT2D eigenvalue weighted by Crippen LogP contribution is 2.43. The van der Waals surface area contributed by atoms with Gasteiger partial charge in [-0.15, -0.1) is 0 Å². The molecule has 1 aromatic heterocycles. The van der Waals surface area contributed by atoms with Gasteiger partial charge in [0.05, 0.1) is 17.6 Å². The standard InChI is InChI=1S/C27H31N3O2.C4H9NO2/c1-27(2)15-23-25(20-10-6-7-11-22(20)30(23)24(31)16-27)17-12-13-19(26(28)32)21(14-17)29-18-8-4-3-5-9-18;1-5(2)3-4(6)7/h6-7,10-14,18,29H,3-5,8-9,15-16H2,1-2H3,(H2,28,32);3H2,1-2H3,(H,6,7). The van der Waals surface area contributed by atoms with Crippen LogP contribution in [0.25, 0.3) is 22.0 Å². The fraction of sp³-hybridized carbons (Fsp3) is 0.452. The number of primary amides is 1. The van der Waals surface area contributed by atoms with Gasteiger partial charge in [0.1, 0.15) is 0 Å². The van der Waals surface area contributed by atoms with Crippen molar-refractivity contribution in [1.82, 2.24) is 9.47 Å². The van der Waals surface area contributed by atoms with Crippen molar-refractivity contribution in [3.8, 4) is 11.1 Å². The van der Waals surface area contributed by atoms with Crippen LogP contribution in [0.4, 0.5) is 5.69 Å². The van der Waals surface area contributed by atoms with Gasteiger partial charge in [-0.25, -0.2) is 0 Å². The molecule has 39 heavy (non-hydrogen) atoms. The number of fused-ring (bicyclic) bond motifs is 3. The Hall–Kier alpha value is -3.65. The number of aliphatic carboxylic acids is 1. The molecule has 1 amide bonds. The predicted octanol–water partition coefficient (Wildman–Crippen LogP) is 5.40. The Morgan fingerprint density at radius 1 is 1.08 bits per heavy atom. The number of benzene rings is 2. The minimum atomic E-state index is -0.787. The van der Waals surface area contributed by atoms with E-state index in [1.54, 1.807) is 19.0 Å². The molecule has 2 aromatic carbocycles. The van der Waals surface area contributed by atoms with Crippen molar-refractivity contribution in [2.75, 3.05) is 26.0 Å². The molecular weight excluding hydrogens is 492 g/mol. The summed E-state index contributed by atoms with van der Waals surface area (Å²) in [7, 11) is 3.43. The molecule has 0 unspecified atom stereocenters. The summed E-state index contributed by atoms with van der Waals surface area (Å²) in [5.41, 5.74) is 11.1. The number of anilines is 1. The quantitative estimate of drug-likeness (QED) is 0.391. The summed E-state index contributed by atoms with van der Waals surface area (Å²) in [5.74, 6) is -1.06. The van der Waals surface area contributed by atoms with E-state index in [2.05, 4.69) is 31.3 Å². The number of hydrogen-bond donors (Lipinski definition) is 3. The van der Waals surface area contributed by atoms with Crippen LogP contribution >= 0.6 is 0 Å². The van der Waals surface area contributed by atoms with Gasteiger partial charge < -0.3 is 16.2 Å². The number of para-hydroxylation sites is 1. The van der Waals surface area contributed by atoms with Crippen molar-refractivity contribution in [2.45, 2.75) is 64.8 Å². The summed E-state index contributed by atoms with van der Waals surface area (Å²) in [6.45, 7) is 4.42. The molecule has 1 saturated carbocycles. The first-order valence-corrected chi connectivity index (χ1v) is 13.7. The van der Waals surface area contributed by atoms with Gasteiger partial charge in [-0.2, -0.15) is 0 Å². The molecule has 3 aromatic rings. The minimum absolute atomic E-state index is 0.0907. The van der Waals surface area contributed by atoms with Crippen LogP contribution in [0.5, 0.6) is 0 Å². The lowest BCUT2D eigenvalue weighted by atomic mass is 9.80. The third-order valence-corrected chi connectivity index (χ3v) is 7.49. The van der Waals surface area contributed by atoms with Crippen LogP contribution in [0.3, 0.4) is 0 Å². The maximum atomic E-state index is 13.1. The number of carboxylic acids is 1. The second kappa shape index (κ2) is 11.6. The van der Waals surface area contributed by atoms with Gasteiger partial charge in [0.2, 0.25) is 5.91 Å². The zero-order chi connectivity index (χ0) is 28.3. The lowest BCUT2D eigenvalue weighted by Gasteiger charge is -2.30. The zero-order valence-electron chi connectivity index (χ0n) is 23.4. The molecule has 0 saturated heterocycles. The highest BCUT2D eigenvalue weighted by Gasteiger charge is 2.35. The Labute approximate surface area is 230 Å². The van der Waals surface area contributed by atoms with Gasteiger partial charge in [0, 0.05) is 34.8 Å². The number of carboxylic acid groups (broad SMARTS) is 1. The van der Waals surface area contributed by atoms with Crippen molar-refractivity contribution in [1.29, 1.82) is 0 Å². The third kappa shape index (κ3) is 6.50. The predicted molar refractivity (Wildman–Crippen MR) is 155 cm³/mol. The Kier molecular flexibility index (Phi) is 8.45. The number of hydrogen-bond acceptors (Lipinski definition) is 5. The number of carbonyl (C=O) groups excluding carboxylic acids is 2. The topological polar surface area (TPSA) is 118 Å². The molecule has 5 rings (SSSR count). The molecule has 0 bridgehead atoms. The minimum Gasteiger partial charge on any atom is -0.480 e. The number of rotatable bonds is 6. The van der Waals surface area contributed by atoms with Crippen LogP contribution in [-0.2, 0) is 11.2 Å². The van der Waals surface area contributed by atoms with E-state index >= 15 is 0 Å². The van der Waals surface area contributed by atoms with E-state index in [0.29, 0.717) is 18.0 Å². The molecular formula is C31H40N4O4. The van der Waals surface area contributed by atoms with Crippen LogP contribution < -0.4 is 11.1 Å². The molecule has 1 aliphatic heterocycles. The second-order valence-electron chi connectivity index (χ2n) is 11.8. The average molecular weight is 533 g/mol. The number of aromatic nitrogens is 1. The number of nitrogens with two attached hydrogens (primary N) is 1. The SMILES string of the molecule is CC1(C)CC(=O)n2c(c(-c3ccc(C(N)=O)c(NC4CCCCC4)c3)c3ccccc32)C1.CN(C)CC(=O)O. The van der Waals surface area contributed by atoms with Crippen LogP contribution in [0.2, 0.25) is 0 Å². The third-order valence-electron chi connectivity index (χ3n) is 7.49. The van der Waals surface area contributed by atoms with Crippen molar-refractivity contribution in [2.24, 2.45) is 11.1 Å². The molecule has 8 heteroatoms. The van der Waals surface area contributed by atoms with Gasteiger partial charge >= 0.3 is 5.97 Å². The molecule has 0 atom stereocenters. The van der Waals surface area contributed by atoms with Crippen LogP contribution in [-0.4, -0.2) is 59.0 Å². The smallest absolute Gasteiger partial charge is 0.317 e. The van der Waals surface area contributed by atoms with Crippen LogP contribution in [0.1, 0.15) is 73.2 Å². The van der Waals surface area contributed by atoms with Crippen LogP contribution in [0, 0.1) is 5.41 Å². The monoisotopic (exact) mass is 532 g/mol. The van der Waals surface area contributed by atoms with Gasteiger partial charge in [-0.05, 0) is 62.5 Å². The first kappa shape index (κ1) is 28.4. The molecule has 4 N–H and O–H groups in total. The summed E-state index contributed by atoms with van der Waals surface area (Å²) in [6, 6.07) is 14.3. The number of nitrogens with one attached hydrogen (secondary N) is 1. The van der Waals surface area contributed by atoms with Gasteiger partial charge in [0.25, 0.3) is 5.91 Å². The Morgan fingerprint density at radius 2 is 1.77 bits per heavy atom. The van der Waals surface area contributed by atoms with E-state index in [-0.39, 0.29) is 17.9 Å². The molecule has 0 spiro atoms.